The zero-order valence-corrected chi connectivity index (χ0v) is 21.6. The van der Waals surface area contributed by atoms with Crippen LogP contribution in [0, 0.1) is 12.8 Å². The summed E-state index contributed by atoms with van der Waals surface area (Å²) in [7, 11) is -3.06. The Balaban J connectivity index is 2.79. The molecule has 0 heterocycles. The number of hydrogen-bond donors (Lipinski definition) is 0. The fourth-order valence-corrected chi connectivity index (χ4v) is 13.0. The second kappa shape index (κ2) is 8.25. The van der Waals surface area contributed by atoms with Crippen LogP contribution in [0.2, 0.25) is 31.7 Å². The van der Waals surface area contributed by atoms with E-state index in [1.165, 1.54) is 30.5 Å². The molecule has 0 aliphatic heterocycles. The quantitative estimate of drug-likeness (QED) is 0.440. The van der Waals surface area contributed by atoms with Crippen molar-refractivity contribution in [2.45, 2.75) is 93.0 Å². The lowest BCUT2D eigenvalue weighted by Crippen LogP contribution is -2.53. The molecule has 0 aromatic heterocycles. The molecular weight excluding hydrogens is 356 g/mol. The van der Waals surface area contributed by atoms with Gasteiger partial charge in [0, 0.05) is 0 Å². The summed E-state index contributed by atoms with van der Waals surface area (Å²) in [6, 6.07) is 10.5. The zero-order chi connectivity index (χ0) is 20.6. The monoisotopic (exact) mass is 398 g/mol. The molecule has 1 atom stereocenters. The molecule has 1 unspecified atom stereocenters. The van der Waals surface area contributed by atoms with Crippen LogP contribution in [-0.4, -0.2) is 16.1 Å². The lowest BCUT2D eigenvalue weighted by molar-refractivity contribution is 0.835. The first-order valence-electron chi connectivity index (χ1n) is 11.0. The van der Waals surface area contributed by atoms with Crippen molar-refractivity contribution < 1.29 is 0 Å². The summed E-state index contributed by atoms with van der Waals surface area (Å²) in [6.07, 6.45) is 2.59. The van der Waals surface area contributed by atoms with Gasteiger partial charge in [0.2, 0.25) is 0 Å². The second-order valence-corrected chi connectivity index (χ2v) is 19.3. The summed E-state index contributed by atoms with van der Waals surface area (Å²) in [6.45, 7) is 24.2. The van der Waals surface area contributed by atoms with Crippen LogP contribution < -0.4 is 10.4 Å². The molecule has 0 saturated heterocycles. The van der Waals surface area contributed by atoms with E-state index >= 15 is 0 Å². The highest BCUT2D eigenvalue weighted by molar-refractivity contribution is 6.98. The predicted molar refractivity (Wildman–Crippen MR) is 130 cm³/mol. The Morgan fingerprint density at radius 1 is 0.778 bits per heavy atom. The molecule has 0 radical (unpaired) electrons. The van der Waals surface area contributed by atoms with E-state index in [-0.39, 0.29) is 0 Å². The number of aryl methyl sites for hydroxylation is 1. The van der Waals surface area contributed by atoms with Gasteiger partial charge in [0.05, 0.1) is 8.07 Å². The summed E-state index contributed by atoms with van der Waals surface area (Å²) >= 11 is 0. The van der Waals surface area contributed by atoms with Crippen LogP contribution in [-0.2, 0) is 0 Å². The second-order valence-electron chi connectivity index (χ2n) is 9.99. The van der Waals surface area contributed by atoms with Crippen molar-refractivity contribution in [2.75, 3.05) is 0 Å². The van der Waals surface area contributed by atoms with Gasteiger partial charge in [-0.15, -0.1) is 0 Å². The van der Waals surface area contributed by atoms with Gasteiger partial charge < -0.3 is 0 Å². The van der Waals surface area contributed by atoms with E-state index in [0.29, 0.717) is 5.92 Å². The fraction of sp³-hybridized carbons (Fsp3) is 0.600. The first-order chi connectivity index (χ1) is 12.5. The maximum atomic E-state index is 2.66. The van der Waals surface area contributed by atoms with Crippen molar-refractivity contribution in [1.82, 2.24) is 0 Å². The molecule has 150 valence electrons. The fourth-order valence-electron chi connectivity index (χ4n) is 5.32. The third kappa shape index (κ3) is 4.12. The van der Waals surface area contributed by atoms with Crippen molar-refractivity contribution in [3.63, 3.8) is 0 Å². The molecule has 0 bridgehead atoms. The summed E-state index contributed by atoms with van der Waals surface area (Å²) in [5.74, 6) is 0.630. The van der Waals surface area contributed by atoms with Gasteiger partial charge in [-0.25, -0.2) is 0 Å². The van der Waals surface area contributed by atoms with E-state index in [1.54, 1.807) is 27.1 Å². The molecule has 0 N–H and O–H groups in total. The predicted octanol–water partition coefficient (Wildman–Crippen LogP) is 6.86. The summed E-state index contributed by atoms with van der Waals surface area (Å²) in [5.41, 5.74) is 6.29. The number of rotatable bonds is 7. The van der Waals surface area contributed by atoms with Crippen LogP contribution in [0.15, 0.2) is 40.1 Å². The van der Waals surface area contributed by atoms with E-state index in [2.05, 4.69) is 86.3 Å². The molecule has 0 saturated carbocycles. The summed E-state index contributed by atoms with van der Waals surface area (Å²) in [4.78, 5) is 0. The molecule has 0 nitrogen and oxygen atoms in total. The Labute approximate surface area is 171 Å². The lowest BCUT2D eigenvalue weighted by atomic mass is 10.1. The van der Waals surface area contributed by atoms with Gasteiger partial charge >= 0.3 is 0 Å². The highest BCUT2D eigenvalue weighted by atomic mass is 28.3. The third-order valence-corrected chi connectivity index (χ3v) is 15.0. The average Bonchev–Trinajstić information content (AvgIpc) is 2.77. The van der Waals surface area contributed by atoms with Crippen LogP contribution in [0.25, 0.3) is 0 Å². The maximum Gasteiger partial charge on any atom is 0.114 e. The Kier molecular flexibility index (Phi) is 6.85. The Morgan fingerprint density at radius 2 is 1.30 bits per heavy atom. The minimum Gasteiger partial charge on any atom is -0.0657 e. The van der Waals surface area contributed by atoms with Crippen LogP contribution in [0.3, 0.4) is 0 Å². The standard InChI is InChI=1S/C25H42Si2/c1-11-13-27(14-12-2,25-21(6)19(4)20(5)22(25)7)24-16-18(3)15-23(17-24)26(8,9)10/h15-17,21H,11-14H2,1-10H3. The maximum absolute atomic E-state index is 2.66. The Bertz CT molecular complexity index is 753. The van der Waals surface area contributed by atoms with E-state index in [1.807, 2.05) is 5.20 Å². The van der Waals surface area contributed by atoms with Gasteiger partial charge in [-0.1, -0.05) is 104 Å². The van der Waals surface area contributed by atoms with E-state index in [9.17, 15) is 0 Å². The van der Waals surface area contributed by atoms with Gasteiger partial charge in [0.15, 0.2) is 0 Å². The molecule has 0 amide bonds. The number of benzene rings is 1. The molecule has 1 aromatic carbocycles. The topological polar surface area (TPSA) is 0 Å². The van der Waals surface area contributed by atoms with Crippen LogP contribution in [0.1, 0.15) is 59.9 Å². The van der Waals surface area contributed by atoms with Gasteiger partial charge in [-0.05, 0) is 51.3 Å². The molecule has 0 fully saturated rings. The average molecular weight is 399 g/mol. The molecule has 1 aliphatic rings. The SMILES string of the molecule is CCC[Si](CCC)(C1=C(C)C(C)=C(C)C1C)c1cc(C)cc([Si](C)(C)C)c1. The Morgan fingerprint density at radius 3 is 1.70 bits per heavy atom. The van der Waals surface area contributed by atoms with E-state index in [0.717, 1.165) is 0 Å². The van der Waals surface area contributed by atoms with Crippen molar-refractivity contribution in [2.24, 2.45) is 5.92 Å². The smallest absolute Gasteiger partial charge is 0.0657 e. The molecule has 1 aromatic rings. The first-order valence-corrected chi connectivity index (χ1v) is 16.9. The van der Waals surface area contributed by atoms with Gasteiger partial charge in [-0.3, -0.25) is 0 Å². The molecule has 1 aliphatic carbocycles. The minimum atomic E-state index is -1.73. The third-order valence-electron chi connectivity index (χ3n) is 7.01. The van der Waals surface area contributed by atoms with Gasteiger partial charge in [0.25, 0.3) is 0 Å². The normalized spacial score (nSPS) is 18.7. The van der Waals surface area contributed by atoms with Crippen molar-refractivity contribution in [3.05, 3.63) is 45.7 Å². The van der Waals surface area contributed by atoms with Crippen molar-refractivity contribution >= 4 is 26.5 Å². The minimum absolute atomic E-state index is 0.630. The van der Waals surface area contributed by atoms with Crippen LogP contribution in [0.4, 0.5) is 0 Å². The summed E-state index contributed by atoms with van der Waals surface area (Å²) in [5, 5.41) is 5.23. The van der Waals surface area contributed by atoms with Gasteiger partial charge in [0.1, 0.15) is 8.07 Å². The highest BCUT2D eigenvalue weighted by Crippen LogP contribution is 2.44. The van der Waals surface area contributed by atoms with E-state index in [4.69, 9.17) is 0 Å². The zero-order valence-electron chi connectivity index (χ0n) is 19.6. The summed E-state index contributed by atoms with van der Waals surface area (Å²) < 4.78 is 0. The Hall–Kier alpha value is -0.866. The largest absolute Gasteiger partial charge is 0.114 e. The molecule has 27 heavy (non-hydrogen) atoms. The number of allylic oxidation sites excluding steroid dienone is 4. The van der Waals surface area contributed by atoms with Crippen molar-refractivity contribution in [3.8, 4) is 0 Å². The molecule has 0 spiro atoms. The van der Waals surface area contributed by atoms with Crippen LogP contribution >= 0.6 is 0 Å². The number of hydrogen-bond acceptors (Lipinski definition) is 0. The van der Waals surface area contributed by atoms with E-state index < -0.39 is 16.1 Å². The lowest BCUT2D eigenvalue weighted by Gasteiger charge is -2.38. The molecular formula is C25H42Si2. The van der Waals surface area contributed by atoms with Gasteiger partial charge in [-0.2, -0.15) is 0 Å². The highest BCUT2D eigenvalue weighted by Gasteiger charge is 2.43. The molecule has 2 heteroatoms. The van der Waals surface area contributed by atoms with Crippen LogP contribution in [0.5, 0.6) is 0 Å². The molecule has 2 rings (SSSR count). The first kappa shape index (κ1) is 22.4. The van der Waals surface area contributed by atoms with Crippen molar-refractivity contribution in [1.29, 1.82) is 0 Å².